The molecular weight excluding hydrogens is 376 g/mol. The van der Waals surface area contributed by atoms with Gasteiger partial charge in [-0.2, -0.15) is 0 Å². The molecule has 30 heavy (non-hydrogen) atoms. The summed E-state index contributed by atoms with van der Waals surface area (Å²) in [4.78, 5) is 12.4. The van der Waals surface area contributed by atoms with Crippen LogP contribution in [0.5, 0.6) is 17.2 Å². The molecule has 0 unspecified atom stereocenters. The van der Waals surface area contributed by atoms with Gasteiger partial charge in [0, 0.05) is 23.3 Å². The first-order valence-corrected chi connectivity index (χ1v) is 10.8. The van der Waals surface area contributed by atoms with E-state index >= 15 is 0 Å². The maximum Gasteiger partial charge on any atom is 0.311 e. The van der Waals surface area contributed by atoms with Crippen molar-refractivity contribution in [1.82, 2.24) is 0 Å². The van der Waals surface area contributed by atoms with Gasteiger partial charge in [-0.1, -0.05) is 68.7 Å². The molecule has 0 aliphatic rings. The van der Waals surface area contributed by atoms with Crippen LogP contribution in [0.4, 0.5) is 0 Å². The molecule has 0 fully saturated rings. The fourth-order valence-electron chi connectivity index (χ4n) is 3.57. The average Bonchev–Trinajstić information content (AvgIpc) is 2.75. The van der Waals surface area contributed by atoms with E-state index in [0.717, 1.165) is 37.7 Å². The molecule has 0 radical (unpaired) electrons. The van der Waals surface area contributed by atoms with Crippen LogP contribution in [0.15, 0.2) is 54.6 Å². The Morgan fingerprint density at radius 2 is 1.70 bits per heavy atom. The zero-order valence-electron chi connectivity index (χ0n) is 17.8. The molecule has 3 aromatic rings. The topological polar surface area (TPSA) is 55.8 Å². The first-order chi connectivity index (χ1) is 14.6. The number of unbranched alkanes of at least 4 members (excludes halogenated alkanes) is 3. The van der Waals surface area contributed by atoms with Gasteiger partial charge in [0.05, 0.1) is 6.61 Å². The van der Waals surface area contributed by atoms with Crippen molar-refractivity contribution in [2.45, 2.75) is 52.4 Å². The maximum atomic E-state index is 12.4. The van der Waals surface area contributed by atoms with Crippen molar-refractivity contribution < 1.29 is 19.4 Å². The van der Waals surface area contributed by atoms with E-state index in [-0.39, 0.29) is 11.7 Å². The Hall–Kier alpha value is -3.01. The summed E-state index contributed by atoms with van der Waals surface area (Å²) in [6.07, 6.45) is 5.20. The second kappa shape index (κ2) is 10.7. The molecule has 0 bridgehead atoms. The van der Waals surface area contributed by atoms with E-state index in [2.05, 4.69) is 19.1 Å². The zero-order chi connectivity index (χ0) is 21.3. The fraction of sp³-hybridized carbons (Fsp3) is 0.346. The molecule has 0 aliphatic heterocycles. The summed E-state index contributed by atoms with van der Waals surface area (Å²) in [7, 11) is 0. The molecule has 0 saturated carbocycles. The molecule has 3 rings (SSSR count). The summed E-state index contributed by atoms with van der Waals surface area (Å²) >= 11 is 0. The third-order valence-electron chi connectivity index (χ3n) is 5.10. The van der Waals surface area contributed by atoms with Crippen LogP contribution in [0.2, 0.25) is 0 Å². The molecule has 0 spiro atoms. The third-order valence-corrected chi connectivity index (χ3v) is 5.10. The van der Waals surface area contributed by atoms with E-state index < -0.39 is 0 Å². The standard InChI is InChI=1S/C26H30O4/c1-3-5-6-10-13-25(28)30-26-21-15-14-20(16-19-11-8-7-9-12-19)17-22(21)23(27)18-24(26)29-4-2/h7-9,11-12,14-15,17-18,27H,3-6,10,13,16H2,1-2H3. The van der Waals surface area contributed by atoms with Crippen LogP contribution >= 0.6 is 0 Å². The van der Waals surface area contributed by atoms with Gasteiger partial charge in [0.15, 0.2) is 11.5 Å². The number of rotatable bonds is 10. The molecule has 3 aromatic carbocycles. The van der Waals surface area contributed by atoms with E-state index in [1.165, 1.54) is 11.6 Å². The molecule has 1 N–H and O–H groups in total. The SMILES string of the molecule is CCCCCCC(=O)Oc1c(OCC)cc(O)c2cc(Cc3ccccc3)ccc12. The number of phenolic OH excluding ortho intramolecular Hbond substituents is 1. The summed E-state index contributed by atoms with van der Waals surface area (Å²) in [6, 6.07) is 17.6. The normalized spacial score (nSPS) is 10.9. The number of aromatic hydroxyl groups is 1. The minimum atomic E-state index is -0.271. The lowest BCUT2D eigenvalue weighted by atomic mass is 10.00. The van der Waals surface area contributed by atoms with E-state index in [1.54, 1.807) is 0 Å². The lowest BCUT2D eigenvalue weighted by Crippen LogP contribution is -2.09. The van der Waals surface area contributed by atoms with Gasteiger partial charge >= 0.3 is 5.97 Å². The highest BCUT2D eigenvalue weighted by Crippen LogP contribution is 2.42. The van der Waals surface area contributed by atoms with E-state index in [1.807, 2.05) is 43.3 Å². The maximum absolute atomic E-state index is 12.4. The van der Waals surface area contributed by atoms with E-state index in [0.29, 0.717) is 35.3 Å². The fourth-order valence-corrected chi connectivity index (χ4v) is 3.57. The summed E-state index contributed by atoms with van der Waals surface area (Å²) in [5.41, 5.74) is 2.27. The number of esters is 1. The lowest BCUT2D eigenvalue weighted by Gasteiger charge is -2.15. The summed E-state index contributed by atoms with van der Waals surface area (Å²) in [6.45, 7) is 4.42. The average molecular weight is 407 g/mol. The minimum absolute atomic E-state index is 0.117. The highest BCUT2D eigenvalue weighted by atomic mass is 16.6. The number of benzene rings is 3. The van der Waals surface area contributed by atoms with Gasteiger partial charge in [-0.05, 0) is 37.0 Å². The Labute approximate surface area is 178 Å². The molecule has 4 nitrogen and oxygen atoms in total. The monoisotopic (exact) mass is 406 g/mol. The van der Waals surface area contributed by atoms with Crippen LogP contribution < -0.4 is 9.47 Å². The van der Waals surface area contributed by atoms with Gasteiger partial charge in [0.2, 0.25) is 0 Å². The molecule has 0 atom stereocenters. The highest BCUT2D eigenvalue weighted by Gasteiger charge is 2.18. The van der Waals surface area contributed by atoms with Gasteiger partial charge in [-0.3, -0.25) is 4.79 Å². The van der Waals surface area contributed by atoms with Crippen molar-refractivity contribution in [2.75, 3.05) is 6.61 Å². The number of phenols is 1. The van der Waals surface area contributed by atoms with Crippen LogP contribution in [0.1, 0.15) is 57.1 Å². The van der Waals surface area contributed by atoms with Crippen molar-refractivity contribution in [2.24, 2.45) is 0 Å². The number of carbonyl (C=O) groups is 1. The lowest BCUT2D eigenvalue weighted by molar-refractivity contribution is -0.134. The predicted molar refractivity (Wildman–Crippen MR) is 120 cm³/mol. The summed E-state index contributed by atoms with van der Waals surface area (Å²) < 4.78 is 11.4. The van der Waals surface area contributed by atoms with Gasteiger partial charge in [0.25, 0.3) is 0 Å². The first-order valence-electron chi connectivity index (χ1n) is 10.8. The van der Waals surface area contributed by atoms with Crippen LogP contribution in [0.3, 0.4) is 0 Å². The first kappa shape index (κ1) is 21.7. The Balaban J connectivity index is 1.90. The van der Waals surface area contributed by atoms with Crippen molar-refractivity contribution in [3.63, 3.8) is 0 Å². The Bertz CT molecular complexity index is 979. The van der Waals surface area contributed by atoms with Crippen molar-refractivity contribution in [1.29, 1.82) is 0 Å². The van der Waals surface area contributed by atoms with Crippen molar-refractivity contribution in [3.05, 3.63) is 65.7 Å². The van der Waals surface area contributed by atoms with E-state index in [4.69, 9.17) is 9.47 Å². The van der Waals surface area contributed by atoms with Gasteiger partial charge in [0.1, 0.15) is 5.75 Å². The number of hydrogen-bond acceptors (Lipinski definition) is 4. The largest absolute Gasteiger partial charge is 0.507 e. The second-order valence-electron chi connectivity index (χ2n) is 7.48. The van der Waals surface area contributed by atoms with Gasteiger partial charge < -0.3 is 14.6 Å². The Morgan fingerprint density at radius 1 is 0.900 bits per heavy atom. The molecule has 0 amide bonds. The second-order valence-corrected chi connectivity index (χ2v) is 7.48. The minimum Gasteiger partial charge on any atom is -0.507 e. The Kier molecular flexibility index (Phi) is 7.72. The van der Waals surface area contributed by atoms with Crippen LogP contribution in [0.25, 0.3) is 10.8 Å². The molecule has 0 aliphatic carbocycles. The van der Waals surface area contributed by atoms with Gasteiger partial charge in [-0.15, -0.1) is 0 Å². The van der Waals surface area contributed by atoms with Crippen LogP contribution in [-0.2, 0) is 11.2 Å². The molecule has 0 heterocycles. The van der Waals surface area contributed by atoms with Crippen LogP contribution in [0, 0.1) is 0 Å². The quantitative estimate of drug-likeness (QED) is 0.240. The van der Waals surface area contributed by atoms with Crippen molar-refractivity contribution >= 4 is 16.7 Å². The molecule has 0 saturated heterocycles. The highest BCUT2D eigenvalue weighted by molar-refractivity contribution is 5.97. The Morgan fingerprint density at radius 3 is 2.43 bits per heavy atom. The number of ether oxygens (including phenoxy) is 2. The van der Waals surface area contributed by atoms with Gasteiger partial charge in [-0.25, -0.2) is 0 Å². The molecule has 4 heteroatoms. The summed E-state index contributed by atoms with van der Waals surface area (Å²) in [5, 5.41) is 11.9. The van der Waals surface area contributed by atoms with Crippen LogP contribution in [-0.4, -0.2) is 17.7 Å². The molecular formula is C26H30O4. The zero-order valence-corrected chi connectivity index (χ0v) is 17.8. The molecule has 0 aromatic heterocycles. The summed E-state index contributed by atoms with van der Waals surface area (Å²) in [5.74, 6) is 0.620. The smallest absolute Gasteiger partial charge is 0.311 e. The van der Waals surface area contributed by atoms with Crippen molar-refractivity contribution in [3.8, 4) is 17.2 Å². The van der Waals surface area contributed by atoms with E-state index in [9.17, 15) is 9.90 Å². The predicted octanol–water partition coefficient (Wildman–Crippen LogP) is 6.41. The number of carbonyl (C=O) groups excluding carboxylic acids is 1. The third kappa shape index (κ3) is 5.53. The number of fused-ring (bicyclic) bond motifs is 1. The number of hydrogen-bond donors (Lipinski definition) is 1. The molecule has 158 valence electrons.